The highest BCUT2D eigenvalue weighted by Crippen LogP contribution is 2.41. The second kappa shape index (κ2) is 6.89. The van der Waals surface area contributed by atoms with Gasteiger partial charge < -0.3 is 4.90 Å². The summed E-state index contributed by atoms with van der Waals surface area (Å²) in [5.41, 5.74) is -0.289. The number of hydrogen-bond donors (Lipinski definition) is 1. The first-order valence-corrected chi connectivity index (χ1v) is 8.15. The normalized spacial score (nSPS) is 22.0. The Morgan fingerprint density at radius 3 is 2.30 bits per heavy atom. The molecule has 0 aromatic carbocycles. The van der Waals surface area contributed by atoms with E-state index in [-0.39, 0.29) is 5.54 Å². The van der Waals surface area contributed by atoms with Gasteiger partial charge >= 0.3 is 0 Å². The lowest BCUT2D eigenvalue weighted by Crippen LogP contribution is -2.56. The summed E-state index contributed by atoms with van der Waals surface area (Å²) < 4.78 is 0. The maximum atomic E-state index is 9.81. The number of rotatable bonds is 10. The van der Waals surface area contributed by atoms with Gasteiger partial charge in [-0.3, -0.25) is 10.2 Å². The molecule has 2 aliphatic carbocycles. The monoisotopic (exact) mass is 278 g/mol. The van der Waals surface area contributed by atoms with Crippen molar-refractivity contribution in [2.24, 2.45) is 5.92 Å². The van der Waals surface area contributed by atoms with E-state index < -0.39 is 0 Å². The Labute approximate surface area is 124 Å². The van der Waals surface area contributed by atoms with E-state index in [1.54, 1.807) is 0 Å². The van der Waals surface area contributed by atoms with Crippen LogP contribution < -0.4 is 5.32 Å². The van der Waals surface area contributed by atoms with Crippen LogP contribution in [0.5, 0.6) is 0 Å². The van der Waals surface area contributed by atoms with Crippen LogP contribution in [0, 0.1) is 17.2 Å². The third-order valence-corrected chi connectivity index (χ3v) is 4.39. The topological polar surface area (TPSA) is 42.3 Å². The van der Waals surface area contributed by atoms with Gasteiger partial charge in [-0.1, -0.05) is 6.92 Å². The molecule has 2 aliphatic rings. The molecular weight excluding hydrogens is 248 g/mol. The smallest absolute Gasteiger partial charge is 0.122 e. The molecule has 1 unspecified atom stereocenters. The zero-order valence-corrected chi connectivity index (χ0v) is 13.4. The lowest BCUT2D eigenvalue weighted by molar-refractivity contribution is 0.180. The highest BCUT2D eigenvalue weighted by Gasteiger charge is 2.48. The largest absolute Gasteiger partial charge is 0.308 e. The predicted molar refractivity (Wildman–Crippen MR) is 82.5 cm³/mol. The van der Waals surface area contributed by atoms with Crippen LogP contribution in [0.4, 0.5) is 0 Å². The van der Waals surface area contributed by atoms with Gasteiger partial charge in [-0.2, -0.15) is 5.26 Å². The Morgan fingerprint density at radius 2 is 1.85 bits per heavy atom. The van der Waals surface area contributed by atoms with Crippen LogP contribution in [-0.4, -0.2) is 61.7 Å². The molecule has 0 radical (unpaired) electrons. The number of nitriles is 1. The molecule has 0 saturated heterocycles. The number of likely N-dealkylation sites (N-methyl/N-ethyl adjacent to an activating group) is 1. The van der Waals surface area contributed by atoms with Crippen LogP contribution >= 0.6 is 0 Å². The van der Waals surface area contributed by atoms with Crippen LogP contribution in [-0.2, 0) is 0 Å². The summed E-state index contributed by atoms with van der Waals surface area (Å²) >= 11 is 0. The average molecular weight is 278 g/mol. The van der Waals surface area contributed by atoms with Crippen molar-refractivity contribution in [1.82, 2.24) is 15.1 Å². The van der Waals surface area contributed by atoms with Gasteiger partial charge in [0.15, 0.2) is 0 Å². The maximum Gasteiger partial charge on any atom is 0.122 e. The van der Waals surface area contributed by atoms with E-state index in [4.69, 9.17) is 0 Å². The van der Waals surface area contributed by atoms with Crippen LogP contribution in [0.2, 0.25) is 0 Å². The van der Waals surface area contributed by atoms with E-state index in [0.29, 0.717) is 12.0 Å². The van der Waals surface area contributed by atoms with Crippen LogP contribution in [0.25, 0.3) is 0 Å². The predicted octanol–water partition coefficient (Wildman–Crippen LogP) is 1.68. The first kappa shape index (κ1) is 15.8. The van der Waals surface area contributed by atoms with Gasteiger partial charge in [0.05, 0.1) is 6.07 Å². The summed E-state index contributed by atoms with van der Waals surface area (Å²) in [6.45, 7) is 6.34. The first-order chi connectivity index (χ1) is 9.59. The lowest BCUT2D eigenvalue weighted by atomic mass is 9.93. The van der Waals surface area contributed by atoms with Crippen molar-refractivity contribution >= 4 is 0 Å². The zero-order chi connectivity index (χ0) is 14.6. The van der Waals surface area contributed by atoms with E-state index in [1.807, 2.05) is 0 Å². The number of hydrogen-bond acceptors (Lipinski definition) is 4. The SMILES string of the molecule is CCCN(CCN(C)C)CC(C#N)(NC1CC1)C1CC1. The molecule has 2 saturated carbocycles. The highest BCUT2D eigenvalue weighted by atomic mass is 15.2. The van der Waals surface area contributed by atoms with E-state index in [1.165, 1.54) is 25.7 Å². The quantitative estimate of drug-likeness (QED) is 0.660. The Kier molecular flexibility index (Phi) is 5.42. The van der Waals surface area contributed by atoms with Crippen molar-refractivity contribution in [3.8, 4) is 6.07 Å². The average Bonchev–Trinajstić information content (AvgIpc) is 3.27. The molecular formula is C16H30N4. The Bertz CT molecular complexity index is 341. The molecule has 0 aromatic heterocycles. The standard InChI is InChI=1S/C16H30N4/c1-4-9-20(11-10-19(2)3)13-16(12-17,14-5-6-14)18-15-7-8-15/h14-15,18H,4-11,13H2,1-3H3. The van der Waals surface area contributed by atoms with Crippen molar-refractivity contribution in [3.05, 3.63) is 0 Å². The molecule has 0 aliphatic heterocycles. The molecule has 2 fully saturated rings. The third-order valence-electron chi connectivity index (χ3n) is 4.39. The molecule has 4 heteroatoms. The summed E-state index contributed by atoms with van der Waals surface area (Å²) in [5, 5.41) is 13.5. The van der Waals surface area contributed by atoms with Crippen molar-refractivity contribution in [1.29, 1.82) is 5.26 Å². The minimum atomic E-state index is -0.289. The van der Waals surface area contributed by atoms with Crippen LogP contribution in [0.3, 0.4) is 0 Å². The van der Waals surface area contributed by atoms with E-state index in [2.05, 4.69) is 42.2 Å². The number of nitrogens with zero attached hydrogens (tertiary/aromatic N) is 3. The third kappa shape index (κ3) is 4.44. The van der Waals surface area contributed by atoms with Crippen molar-refractivity contribution < 1.29 is 0 Å². The lowest BCUT2D eigenvalue weighted by Gasteiger charge is -2.35. The first-order valence-electron chi connectivity index (χ1n) is 8.15. The second-order valence-corrected chi connectivity index (χ2v) is 6.86. The van der Waals surface area contributed by atoms with Gasteiger partial charge in [-0.05, 0) is 58.7 Å². The van der Waals surface area contributed by atoms with Crippen molar-refractivity contribution in [2.75, 3.05) is 40.3 Å². The zero-order valence-electron chi connectivity index (χ0n) is 13.4. The molecule has 0 bridgehead atoms. The van der Waals surface area contributed by atoms with Gasteiger partial charge in [-0.15, -0.1) is 0 Å². The molecule has 0 heterocycles. The molecule has 0 spiro atoms. The highest BCUT2D eigenvalue weighted by molar-refractivity contribution is 5.18. The van der Waals surface area contributed by atoms with Gasteiger partial charge in [-0.25, -0.2) is 0 Å². The molecule has 114 valence electrons. The number of nitrogens with one attached hydrogen (secondary N) is 1. The van der Waals surface area contributed by atoms with Crippen molar-refractivity contribution in [3.63, 3.8) is 0 Å². The van der Waals surface area contributed by atoms with Crippen molar-refractivity contribution in [2.45, 2.75) is 50.6 Å². The second-order valence-electron chi connectivity index (χ2n) is 6.86. The summed E-state index contributed by atoms with van der Waals surface area (Å²) in [4.78, 5) is 4.71. The Balaban J connectivity index is 1.97. The molecule has 20 heavy (non-hydrogen) atoms. The van der Waals surface area contributed by atoms with Gasteiger partial charge in [0.25, 0.3) is 0 Å². The minimum absolute atomic E-state index is 0.289. The van der Waals surface area contributed by atoms with E-state index in [0.717, 1.165) is 32.6 Å². The fourth-order valence-corrected chi connectivity index (χ4v) is 2.90. The molecule has 1 N–H and O–H groups in total. The van der Waals surface area contributed by atoms with Gasteiger partial charge in [0.2, 0.25) is 0 Å². The van der Waals surface area contributed by atoms with E-state index >= 15 is 0 Å². The van der Waals surface area contributed by atoms with Crippen LogP contribution in [0.15, 0.2) is 0 Å². The minimum Gasteiger partial charge on any atom is -0.308 e. The van der Waals surface area contributed by atoms with Gasteiger partial charge in [0, 0.05) is 25.7 Å². The Morgan fingerprint density at radius 1 is 1.15 bits per heavy atom. The summed E-state index contributed by atoms with van der Waals surface area (Å²) in [5.74, 6) is 0.576. The maximum absolute atomic E-state index is 9.81. The molecule has 0 aromatic rings. The Hall–Kier alpha value is -0.630. The molecule has 1 atom stereocenters. The summed E-state index contributed by atoms with van der Waals surface area (Å²) in [6, 6.07) is 3.26. The fraction of sp³-hybridized carbons (Fsp3) is 0.938. The molecule has 4 nitrogen and oxygen atoms in total. The molecule has 0 amide bonds. The fourth-order valence-electron chi connectivity index (χ4n) is 2.90. The van der Waals surface area contributed by atoms with Crippen LogP contribution in [0.1, 0.15) is 39.0 Å². The molecule has 2 rings (SSSR count). The summed E-state index contributed by atoms with van der Waals surface area (Å²) in [6.07, 6.45) is 6.11. The van der Waals surface area contributed by atoms with E-state index in [9.17, 15) is 5.26 Å². The summed E-state index contributed by atoms with van der Waals surface area (Å²) in [7, 11) is 4.23. The van der Waals surface area contributed by atoms with Gasteiger partial charge in [0.1, 0.15) is 5.54 Å².